The fraction of sp³-hybridized carbons (Fsp3) is 0.417. The van der Waals surface area contributed by atoms with Crippen LogP contribution in [0.2, 0.25) is 0 Å². The van der Waals surface area contributed by atoms with E-state index in [1.54, 1.807) is 23.8 Å². The van der Waals surface area contributed by atoms with E-state index in [0.717, 1.165) is 32.0 Å². The summed E-state index contributed by atoms with van der Waals surface area (Å²) in [5.41, 5.74) is -0.292. The molecule has 1 amide bonds. The molecular weight excluding hydrogens is 461 g/mol. The van der Waals surface area contributed by atoms with Gasteiger partial charge in [0.15, 0.2) is 0 Å². The van der Waals surface area contributed by atoms with Crippen molar-refractivity contribution in [3.05, 3.63) is 41.9 Å². The summed E-state index contributed by atoms with van der Waals surface area (Å²) in [6.45, 7) is 3.46. The molecule has 1 saturated heterocycles. The maximum Gasteiger partial charge on any atom is 0.419 e. The predicted octanol–water partition coefficient (Wildman–Crippen LogP) is 3.60. The molecule has 1 fully saturated rings. The van der Waals surface area contributed by atoms with Gasteiger partial charge in [-0.1, -0.05) is 0 Å². The second-order valence-electron chi connectivity index (χ2n) is 8.48. The molecular formula is C24H25F3N6O2. The highest BCUT2D eigenvalue weighted by atomic mass is 19.4. The SMILES string of the molecule is CCOc1ccc(-c2nc(C#N)nc3c2ccn3CC(=O)NC2CCN(C)CC2)cc1C(F)(F)F. The van der Waals surface area contributed by atoms with Crippen LogP contribution in [0.15, 0.2) is 30.5 Å². The van der Waals surface area contributed by atoms with Crippen molar-refractivity contribution in [1.82, 2.24) is 24.8 Å². The van der Waals surface area contributed by atoms with Crippen LogP contribution in [0.3, 0.4) is 0 Å². The number of nitrogens with zero attached hydrogens (tertiary/aromatic N) is 5. The van der Waals surface area contributed by atoms with E-state index in [1.165, 1.54) is 12.1 Å². The lowest BCUT2D eigenvalue weighted by molar-refractivity contribution is -0.138. The Bertz CT molecular complexity index is 1270. The number of hydrogen-bond donors (Lipinski definition) is 1. The summed E-state index contributed by atoms with van der Waals surface area (Å²) in [4.78, 5) is 23.3. The van der Waals surface area contributed by atoms with Gasteiger partial charge < -0.3 is 19.5 Å². The summed E-state index contributed by atoms with van der Waals surface area (Å²) in [6, 6.07) is 7.25. The van der Waals surface area contributed by atoms with Crippen LogP contribution in [-0.2, 0) is 17.5 Å². The Morgan fingerprint density at radius 2 is 2.00 bits per heavy atom. The monoisotopic (exact) mass is 486 g/mol. The van der Waals surface area contributed by atoms with Crippen molar-refractivity contribution in [3.8, 4) is 23.1 Å². The minimum Gasteiger partial charge on any atom is -0.493 e. The third-order valence-corrected chi connectivity index (χ3v) is 5.97. The number of halogens is 3. The highest BCUT2D eigenvalue weighted by Gasteiger charge is 2.35. The smallest absolute Gasteiger partial charge is 0.419 e. The summed E-state index contributed by atoms with van der Waals surface area (Å²) < 4.78 is 47.7. The minimum atomic E-state index is -4.64. The van der Waals surface area contributed by atoms with Gasteiger partial charge in [-0.05, 0) is 64.2 Å². The number of ether oxygens (including phenoxy) is 1. The summed E-state index contributed by atoms with van der Waals surface area (Å²) in [6.07, 6.45) is -1.29. The Morgan fingerprint density at radius 3 is 2.66 bits per heavy atom. The molecule has 1 aliphatic rings. The lowest BCUT2D eigenvalue weighted by Crippen LogP contribution is -2.44. The van der Waals surface area contributed by atoms with Gasteiger partial charge in [0.2, 0.25) is 11.7 Å². The maximum absolute atomic E-state index is 13.7. The summed E-state index contributed by atoms with van der Waals surface area (Å²) in [5.74, 6) is -0.681. The number of piperidine rings is 1. The summed E-state index contributed by atoms with van der Waals surface area (Å²) >= 11 is 0. The molecule has 0 radical (unpaired) electrons. The molecule has 184 valence electrons. The first-order chi connectivity index (χ1) is 16.7. The van der Waals surface area contributed by atoms with E-state index in [0.29, 0.717) is 11.0 Å². The molecule has 35 heavy (non-hydrogen) atoms. The molecule has 2 aromatic heterocycles. The molecule has 0 aliphatic carbocycles. The number of rotatable bonds is 6. The van der Waals surface area contributed by atoms with Gasteiger partial charge in [0.25, 0.3) is 0 Å². The van der Waals surface area contributed by atoms with Crippen LogP contribution >= 0.6 is 0 Å². The predicted molar refractivity (Wildman–Crippen MR) is 123 cm³/mol. The second-order valence-corrected chi connectivity index (χ2v) is 8.48. The van der Waals surface area contributed by atoms with Crippen LogP contribution < -0.4 is 10.1 Å². The molecule has 4 rings (SSSR count). The Hall–Kier alpha value is -3.65. The molecule has 0 atom stereocenters. The first-order valence-electron chi connectivity index (χ1n) is 11.3. The zero-order valence-corrected chi connectivity index (χ0v) is 19.4. The van der Waals surface area contributed by atoms with E-state index in [2.05, 4.69) is 20.2 Å². The van der Waals surface area contributed by atoms with Gasteiger partial charge in [0.05, 0.1) is 17.9 Å². The van der Waals surface area contributed by atoms with E-state index >= 15 is 0 Å². The zero-order valence-electron chi connectivity index (χ0n) is 19.4. The number of likely N-dealkylation sites (tertiary alicyclic amines) is 1. The lowest BCUT2D eigenvalue weighted by Gasteiger charge is -2.29. The summed E-state index contributed by atoms with van der Waals surface area (Å²) in [7, 11) is 2.04. The first kappa shape index (κ1) is 24.5. The third kappa shape index (κ3) is 5.38. The highest BCUT2D eigenvalue weighted by Crippen LogP contribution is 2.39. The molecule has 0 unspecified atom stereocenters. The maximum atomic E-state index is 13.7. The topological polar surface area (TPSA) is 96.1 Å². The zero-order chi connectivity index (χ0) is 25.2. The number of carbonyl (C=O) groups is 1. The van der Waals surface area contributed by atoms with Gasteiger partial charge >= 0.3 is 6.18 Å². The van der Waals surface area contributed by atoms with Crippen LogP contribution in [0, 0.1) is 11.3 Å². The van der Waals surface area contributed by atoms with Gasteiger partial charge in [-0.3, -0.25) is 4.79 Å². The van der Waals surface area contributed by atoms with E-state index in [4.69, 9.17) is 4.74 Å². The molecule has 0 bridgehead atoms. The molecule has 0 spiro atoms. The second kappa shape index (κ2) is 9.92. The van der Waals surface area contributed by atoms with Crippen molar-refractivity contribution in [1.29, 1.82) is 5.26 Å². The van der Waals surface area contributed by atoms with Gasteiger partial charge in [-0.15, -0.1) is 0 Å². The Balaban J connectivity index is 1.68. The molecule has 1 aromatic carbocycles. The van der Waals surface area contributed by atoms with Gasteiger partial charge in [0, 0.05) is 23.2 Å². The van der Waals surface area contributed by atoms with E-state index in [9.17, 15) is 23.2 Å². The highest BCUT2D eigenvalue weighted by molar-refractivity contribution is 5.92. The van der Waals surface area contributed by atoms with Gasteiger partial charge in [-0.2, -0.15) is 18.4 Å². The van der Waals surface area contributed by atoms with Crippen molar-refractivity contribution in [2.75, 3.05) is 26.7 Å². The largest absolute Gasteiger partial charge is 0.493 e. The molecule has 8 nitrogen and oxygen atoms in total. The lowest BCUT2D eigenvalue weighted by atomic mass is 10.0. The van der Waals surface area contributed by atoms with Crippen LogP contribution in [0.5, 0.6) is 5.75 Å². The standard InChI is InChI=1S/C24H25F3N6O2/c1-3-35-19-5-4-15(12-18(19)24(25,26)27)22-17-8-11-33(23(17)31-20(13-28)30-22)14-21(34)29-16-6-9-32(2)10-7-16/h4-5,8,11-12,16H,3,6-7,9-10,14H2,1-2H3,(H,29,34). The van der Waals surface area contributed by atoms with E-state index in [-0.39, 0.29) is 47.9 Å². The number of nitrogens with one attached hydrogen (secondary N) is 1. The van der Waals surface area contributed by atoms with Crippen molar-refractivity contribution in [2.24, 2.45) is 0 Å². The number of nitriles is 1. The van der Waals surface area contributed by atoms with Crippen molar-refractivity contribution in [2.45, 2.75) is 38.5 Å². The quantitative estimate of drug-likeness (QED) is 0.572. The number of fused-ring (bicyclic) bond motifs is 1. The fourth-order valence-electron chi connectivity index (χ4n) is 4.22. The number of alkyl halides is 3. The van der Waals surface area contributed by atoms with Crippen LogP contribution in [0.1, 0.15) is 31.2 Å². The number of benzene rings is 1. The molecule has 3 heterocycles. The Labute approximate surface area is 200 Å². The Kier molecular flexibility index (Phi) is 6.93. The number of carbonyl (C=O) groups excluding carboxylic acids is 1. The molecule has 0 saturated carbocycles. The number of aromatic nitrogens is 3. The van der Waals surface area contributed by atoms with E-state index < -0.39 is 11.7 Å². The normalized spacial score (nSPS) is 15.2. The molecule has 11 heteroatoms. The Morgan fingerprint density at radius 1 is 1.26 bits per heavy atom. The average Bonchev–Trinajstić information content (AvgIpc) is 3.22. The average molecular weight is 486 g/mol. The minimum absolute atomic E-state index is 0.0335. The third-order valence-electron chi connectivity index (χ3n) is 5.97. The van der Waals surface area contributed by atoms with Crippen molar-refractivity contribution < 1.29 is 22.7 Å². The van der Waals surface area contributed by atoms with Gasteiger partial charge in [0.1, 0.15) is 24.0 Å². The first-order valence-corrected chi connectivity index (χ1v) is 11.3. The molecule has 3 aromatic rings. The number of hydrogen-bond acceptors (Lipinski definition) is 6. The van der Waals surface area contributed by atoms with Crippen molar-refractivity contribution >= 4 is 16.9 Å². The fourth-order valence-corrected chi connectivity index (χ4v) is 4.22. The van der Waals surface area contributed by atoms with Crippen molar-refractivity contribution in [3.63, 3.8) is 0 Å². The van der Waals surface area contributed by atoms with Gasteiger partial charge in [-0.25, -0.2) is 9.97 Å². The van der Waals surface area contributed by atoms with Crippen LogP contribution in [0.25, 0.3) is 22.3 Å². The summed E-state index contributed by atoms with van der Waals surface area (Å²) in [5, 5.41) is 12.9. The molecule has 1 N–H and O–H groups in total. The van der Waals surface area contributed by atoms with Crippen LogP contribution in [0.4, 0.5) is 13.2 Å². The number of amides is 1. The van der Waals surface area contributed by atoms with E-state index in [1.807, 2.05) is 13.1 Å². The molecule has 1 aliphatic heterocycles. The van der Waals surface area contributed by atoms with Crippen LogP contribution in [-0.4, -0.2) is 58.1 Å².